The van der Waals surface area contributed by atoms with Crippen molar-refractivity contribution in [2.75, 3.05) is 18.0 Å². The molecule has 0 saturated carbocycles. The minimum Gasteiger partial charge on any atom is -0.357 e. The van der Waals surface area contributed by atoms with Gasteiger partial charge < -0.3 is 4.90 Å². The van der Waals surface area contributed by atoms with Gasteiger partial charge in [-0.05, 0) is 37.3 Å². The van der Waals surface area contributed by atoms with Crippen LogP contribution in [0.4, 0.5) is 5.82 Å². The van der Waals surface area contributed by atoms with Crippen LogP contribution in [0, 0.1) is 0 Å². The van der Waals surface area contributed by atoms with Crippen molar-refractivity contribution in [2.24, 2.45) is 0 Å². The number of hydrogen-bond acceptors (Lipinski definition) is 4. The van der Waals surface area contributed by atoms with Crippen molar-refractivity contribution < 1.29 is 11.0 Å². The van der Waals surface area contributed by atoms with Gasteiger partial charge in [0.05, 0.1) is 5.92 Å². The van der Waals surface area contributed by atoms with E-state index in [0.29, 0.717) is 12.8 Å². The summed E-state index contributed by atoms with van der Waals surface area (Å²) in [6, 6.07) is 3.86. The Balaban J connectivity index is 1.69. The summed E-state index contributed by atoms with van der Waals surface area (Å²) in [6.07, 6.45) is 4.46. The third-order valence-corrected chi connectivity index (χ3v) is 3.94. The molecule has 0 aromatic carbocycles. The number of nitrogens with one attached hydrogen (secondary N) is 1. The molecule has 3 heterocycles. The van der Waals surface area contributed by atoms with Gasteiger partial charge in [0.15, 0.2) is 0 Å². The first-order chi connectivity index (χ1) is 10.1. The van der Waals surface area contributed by atoms with Crippen molar-refractivity contribution in [1.82, 2.24) is 10.3 Å². The standard InChI is InChI=1S/C15H19N3O2/c19-14-7-5-12(15(20)17-14)11-4-6-13(16-10-11)18-8-2-1-3-9-18/h4,6,10,12H,1-3,5,7-9H2,(H,17,19,20)/t12-/m1/s1/i1D. The molecule has 0 aliphatic carbocycles. The second-order valence-corrected chi connectivity index (χ2v) is 5.31. The molecule has 2 fully saturated rings. The normalized spacial score (nSPS) is 25.3. The van der Waals surface area contributed by atoms with Gasteiger partial charge in [-0.25, -0.2) is 4.98 Å². The second kappa shape index (κ2) is 5.61. The molecule has 1 N–H and O–H groups in total. The van der Waals surface area contributed by atoms with Crippen LogP contribution in [0.1, 0.15) is 44.9 Å². The molecule has 2 saturated heterocycles. The Bertz CT molecular complexity index is 538. The summed E-state index contributed by atoms with van der Waals surface area (Å²) in [5.74, 6) is 0.205. The Hall–Kier alpha value is -1.91. The molecule has 5 heteroatoms. The van der Waals surface area contributed by atoms with E-state index in [1.54, 1.807) is 6.20 Å². The molecule has 0 unspecified atom stereocenters. The lowest BCUT2D eigenvalue weighted by atomic mass is 9.92. The predicted octanol–water partition coefficient (Wildman–Crippen LogP) is 1.59. The topological polar surface area (TPSA) is 62.3 Å². The van der Waals surface area contributed by atoms with E-state index in [0.717, 1.165) is 37.3 Å². The van der Waals surface area contributed by atoms with Crippen LogP contribution in [0.15, 0.2) is 18.3 Å². The Morgan fingerprint density at radius 3 is 2.75 bits per heavy atom. The number of aromatic nitrogens is 1. The maximum atomic E-state index is 11.8. The Morgan fingerprint density at radius 2 is 2.10 bits per heavy atom. The zero-order valence-electron chi connectivity index (χ0n) is 12.3. The summed E-state index contributed by atoms with van der Waals surface area (Å²) in [7, 11) is 0. The molecule has 0 bridgehead atoms. The molecule has 2 amide bonds. The molecule has 2 aliphatic rings. The minimum absolute atomic E-state index is 0.0454. The highest BCUT2D eigenvalue weighted by atomic mass is 16.2. The van der Waals surface area contributed by atoms with E-state index in [-0.39, 0.29) is 24.1 Å². The summed E-state index contributed by atoms with van der Waals surface area (Å²) in [4.78, 5) is 29.6. The van der Waals surface area contributed by atoms with E-state index in [4.69, 9.17) is 1.37 Å². The summed E-state index contributed by atoms with van der Waals surface area (Å²) in [6.45, 7) is 1.72. The Kier molecular flexibility index (Phi) is 3.33. The third kappa shape index (κ3) is 2.66. The first kappa shape index (κ1) is 11.9. The number of rotatable bonds is 2. The van der Waals surface area contributed by atoms with E-state index in [1.807, 2.05) is 12.1 Å². The van der Waals surface area contributed by atoms with Gasteiger partial charge in [0.25, 0.3) is 0 Å². The van der Waals surface area contributed by atoms with Crippen LogP contribution in [0.2, 0.25) is 0 Å². The lowest BCUT2D eigenvalue weighted by molar-refractivity contribution is -0.134. The van der Waals surface area contributed by atoms with Crippen LogP contribution in [0.5, 0.6) is 0 Å². The lowest BCUT2D eigenvalue weighted by Gasteiger charge is -2.28. The number of carbonyl (C=O) groups is 2. The molecule has 20 heavy (non-hydrogen) atoms. The highest BCUT2D eigenvalue weighted by Crippen LogP contribution is 2.26. The van der Waals surface area contributed by atoms with Gasteiger partial charge in [0, 0.05) is 27.1 Å². The zero-order valence-corrected chi connectivity index (χ0v) is 11.3. The fourth-order valence-electron chi connectivity index (χ4n) is 2.78. The highest BCUT2D eigenvalue weighted by Gasteiger charge is 2.28. The maximum absolute atomic E-state index is 11.8. The SMILES string of the molecule is [2H]C1CCN(c2ccc([C@H]3CCC(=O)NC3=O)cn2)CC1. The second-order valence-electron chi connectivity index (χ2n) is 5.31. The first-order valence-electron chi connectivity index (χ1n) is 7.68. The van der Waals surface area contributed by atoms with E-state index < -0.39 is 0 Å². The minimum atomic E-state index is -0.275. The van der Waals surface area contributed by atoms with Crippen molar-refractivity contribution in [2.45, 2.75) is 38.0 Å². The van der Waals surface area contributed by atoms with Gasteiger partial charge in [-0.1, -0.05) is 6.07 Å². The van der Waals surface area contributed by atoms with Crippen molar-refractivity contribution in [3.63, 3.8) is 0 Å². The molecule has 1 aromatic rings. The monoisotopic (exact) mass is 274 g/mol. The molecule has 0 radical (unpaired) electrons. The van der Waals surface area contributed by atoms with Crippen LogP contribution in [-0.4, -0.2) is 29.9 Å². The average molecular weight is 274 g/mol. The van der Waals surface area contributed by atoms with Crippen molar-refractivity contribution in [1.29, 1.82) is 0 Å². The van der Waals surface area contributed by atoms with Crippen molar-refractivity contribution in [3.05, 3.63) is 23.9 Å². The van der Waals surface area contributed by atoms with Crippen LogP contribution < -0.4 is 10.2 Å². The number of amides is 2. The molecule has 3 rings (SSSR count). The number of piperidine rings is 2. The molecular formula is C15H19N3O2. The van der Waals surface area contributed by atoms with Gasteiger partial charge in [-0.3, -0.25) is 14.9 Å². The van der Waals surface area contributed by atoms with Gasteiger partial charge in [0.2, 0.25) is 11.8 Å². The summed E-state index contributed by atoms with van der Waals surface area (Å²) in [5, 5.41) is 2.37. The summed E-state index contributed by atoms with van der Waals surface area (Å²) in [5.41, 5.74) is 0.860. The quantitative estimate of drug-likeness (QED) is 0.832. The van der Waals surface area contributed by atoms with E-state index in [9.17, 15) is 9.59 Å². The summed E-state index contributed by atoms with van der Waals surface area (Å²) < 4.78 is 7.71. The van der Waals surface area contributed by atoms with Crippen molar-refractivity contribution >= 4 is 17.6 Å². The van der Waals surface area contributed by atoms with E-state index in [2.05, 4.69) is 15.2 Å². The predicted molar refractivity (Wildman–Crippen MR) is 75.4 cm³/mol. The molecule has 0 spiro atoms. The number of anilines is 1. The number of imide groups is 1. The molecular weight excluding hydrogens is 254 g/mol. The Labute approximate surface area is 119 Å². The molecule has 1 atom stereocenters. The van der Waals surface area contributed by atoms with Crippen LogP contribution in [-0.2, 0) is 9.59 Å². The maximum Gasteiger partial charge on any atom is 0.234 e. The van der Waals surface area contributed by atoms with Gasteiger partial charge >= 0.3 is 0 Å². The van der Waals surface area contributed by atoms with E-state index in [1.165, 1.54) is 0 Å². The zero-order chi connectivity index (χ0) is 14.8. The largest absolute Gasteiger partial charge is 0.357 e. The smallest absolute Gasteiger partial charge is 0.234 e. The Morgan fingerprint density at radius 1 is 1.30 bits per heavy atom. The van der Waals surface area contributed by atoms with Gasteiger partial charge in [-0.2, -0.15) is 0 Å². The third-order valence-electron chi connectivity index (χ3n) is 3.94. The molecule has 5 nitrogen and oxygen atoms in total. The van der Waals surface area contributed by atoms with Crippen molar-refractivity contribution in [3.8, 4) is 0 Å². The van der Waals surface area contributed by atoms with Gasteiger partial charge in [-0.15, -0.1) is 0 Å². The first-order valence-corrected chi connectivity index (χ1v) is 7.10. The summed E-state index contributed by atoms with van der Waals surface area (Å²) >= 11 is 0. The number of carbonyl (C=O) groups excluding carboxylic acids is 2. The average Bonchev–Trinajstić information content (AvgIpc) is 2.48. The van der Waals surface area contributed by atoms with Crippen LogP contribution >= 0.6 is 0 Å². The number of pyridine rings is 1. The molecule has 1 aromatic heterocycles. The lowest BCUT2D eigenvalue weighted by Crippen LogP contribution is -2.39. The fourth-order valence-corrected chi connectivity index (χ4v) is 2.78. The molecule has 2 aliphatic heterocycles. The number of nitrogens with zero attached hydrogens (tertiary/aromatic N) is 2. The highest BCUT2D eigenvalue weighted by molar-refractivity contribution is 6.00. The van der Waals surface area contributed by atoms with Gasteiger partial charge in [0.1, 0.15) is 5.82 Å². The fraction of sp³-hybridized carbons (Fsp3) is 0.533. The molecule has 106 valence electrons. The van der Waals surface area contributed by atoms with E-state index >= 15 is 0 Å². The van der Waals surface area contributed by atoms with Crippen LogP contribution in [0.25, 0.3) is 0 Å². The number of hydrogen-bond donors (Lipinski definition) is 1. The van der Waals surface area contributed by atoms with Crippen LogP contribution in [0.3, 0.4) is 0 Å².